The minimum Gasteiger partial charge on any atom is -0.384 e. The highest BCUT2D eigenvalue weighted by Crippen LogP contribution is 2.64. The van der Waals surface area contributed by atoms with Crippen molar-refractivity contribution in [1.29, 1.82) is 0 Å². The van der Waals surface area contributed by atoms with Gasteiger partial charge >= 0.3 is 18.5 Å². The summed E-state index contributed by atoms with van der Waals surface area (Å²) in [5.74, 6) is -3.71. The van der Waals surface area contributed by atoms with Gasteiger partial charge in [-0.15, -0.1) is 0 Å². The maximum Gasteiger partial charge on any atom is 0.433 e. The number of alkyl halides is 9. The minimum atomic E-state index is -5.22. The molecule has 33 heavy (non-hydrogen) atoms. The molecule has 178 valence electrons. The summed E-state index contributed by atoms with van der Waals surface area (Å²) in [5, 5.41) is 25.0. The Morgan fingerprint density at radius 2 is 1.36 bits per heavy atom. The Bertz CT molecular complexity index is 1120. The summed E-state index contributed by atoms with van der Waals surface area (Å²) in [5.41, 5.74) is -8.50. The summed E-state index contributed by atoms with van der Waals surface area (Å²) in [7, 11) is 0. The van der Waals surface area contributed by atoms with Crippen LogP contribution in [0.3, 0.4) is 0 Å². The molecule has 2 aliphatic rings. The first kappa shape index (κ1) is 23.2. The Labute approximate surface area is 178 Å². The van der Waals surface area contributed by atoms with Crippen LogP contribution in [0.4, 0.5) is 45.2 Å². The molecule has 3 unspecified atom stereocenters. The van der Waals surface area contributed by atoms with Crippen LogP contribution >= 0.6 is 0 Å². The SMILES string of the molecule is OC1[C@H]2C(C(C(F)(F)F)=NN1c1ccnc(C(F)(F)F)c1)C2(O)c1ccnc(C(F)(F)F)c1. The van der Waals surface area contributed by atoms with Crippen molar-refractivity contribution < 1.29 is 49.7 Å². The van der Waals surface area contributed by atoms with Crippen LogP contribution in [0.25, 0.3) is 0 Å². The molecule has 4 rings (SSSR count). The van der Waals surface area contributed by atoms with Crippen molar-refractivity contribution >= 4 is 11.4 Å². The quantitative estimate of drug-likeness (QED) is 0.633. The molecule has 1 fully saturated rings. The molecule has 3 heterocycles. The zero-order valence-electron chi connectivity index (χ0n) is 15.8. The summed E-state index contributed by atoms with van der Waals surface area (Å²) >= 11 is 0. The molecule has 1 aliphatic carbocycles. The van der Waals surface area contributed by atoms with E-state index < -0.39 is 70.5 Å². The molecule has 4 atom stereocenters. The Hall–Kier alpha value is -2.94. The second-order valence-corrected chi connectivity index (χ2v) is 7.39. The largest absolute Gasteiger partial charge is 0.433 e. The highest BCUT2D eigenvalue weighted by molar-refractivity contribution is 5.98. The van der Waals surface area contributed by atoms with Crippen LogP contribution in [-0.4, -0.2) is 38.3 Å². The van der Waals surface area contributed by atoms with E-state index in [4.69, 9.17) is 0 Å². The van der Waals surface area contributed by atoms with Crippen molar-refractivity contribution in [3.8, 4) is 0 Å². The van der Waals surface area contributed by atoms with Crippen molar-refractivity contribution in [3.05, 3.63) is 53.6 Å². The predicted molar refractivity (Wildman–Crippen MR) is 91.3 cm³/mol. The number of anilines is 1. The van der Waals surface area contributed by atoms with E-state index in [1.54, 1.807) is 0 Å². The van der Waals surface area contributed by atoms with E-state index in [0.29, 0.717) is 24.5 Å². The van der Waals surface area contributed by atoms with Crippen molar-refractivity contribution in [2.45, 2.75) is 30.4 Å². The van der Waals surface area contributed by atoms with Crippen LogP contribution in [-0.2, 0) is 18.0 Å². The van der Waals surface area contributed by atoms with Gasteiger partial charge in [-0.05, 0) is 29.8 Å². The smallest absolute Gasteiger partial charge is 0.384 e. The lowest BCUT2D eigenvalue weighted by Crippen LogP contribution is -2.42. The number of rotatable bonds is 2. The standard InChI is InChI=1S/C18H11F9N4O2/c19-16(20,21)9-5-7(1-3-28-9)15(33)11-12(15)14(32)31(30-13(11)18(25,26)27)8-2-4-29-10(6-8)17(22,23)24/h1-6,11-12,14,32-33H/t11?,12-,14?,15?/m1/s1. The number of hydrogen-bond acceptors (Lipinski definition) is 6. The zero-order valence-corrected chi connectivity index (χ0v) is 15.8. The van der Waals surface area contributed by atoms with Crippen LogP contribution in [0.1, 0.15) is 17.0 Å². The number of hydrogen-bond donors (Lipinski definition) is 2. The first-order valence-electron chi connectivity index (χ1n) is 8.98. The lowest BCUT2D eigenvalue weighted by molar-refractivity contribution is -0.142. The summed E-state index contributed by atoms with van der Waals surface area (Å²) in [6.45, 7) is 0. The Morgan fingerprint density at radius 3 is 1.91 bits per heavy atom. The lowest BCUT2D eigenvalue weighted by Gasteiger charge is -2.30. The molecule has 2 aromatic heterocycles. The summed E-state index contributed by atoms with van der Waals surface area (Å²) in [6.07, 6.45) is -16.0. The van der Waals surface area contributed by atoms with Crippen LogP contribution < -0.4 is 5.01 Å². The number of hydrazone groups is 1. The summed E-state index contributed by atoms with van der Waals surface area (Å²) in [4.78, 5) is 6.15. The van der Waals surface area contributed by atoms with Gasteiger partial charge < -0.3 is 10.2 Å². The number of halogens is 9. The predicted octanol–water partition coefficient (Wildman–Crippen LogP) is 3.70. The maximum atomic E-state index is 13.7. The van der Waals surface area contributed by atoms with E-state index in [2.05, 4.69) is 15.1 Å². The van der Waals surface area contributed by atoms with E-state index in [9.17, 15) is 49.7 Å². The van der Waals surface area contributed by atoms with E-state index in [-0.39, 0.29) is 5.01 Å². The summed E-state index contributed by atoms with van der Waals surface area (Å²) in [6, 6.07) is 2.40. The fraction of sp³-hybridized carbons (Fsp3) is 0.389. The highest BCUT2D eigenvalue weighted by atomic mass is 19.4. The molecule has 0 saturated heterocycles. The van der Waals surface area contributed by atoms with Gasteiger partial charge in [-0.2, -0.15) is 44.6 Å². The molecular formula is C18H11F9N4O2. The van der Waals surface area contributed by atoms with Gasteiger partial charge in [-0.1, -0.05) is 0 Å². The van der Waals surface area contributed by atoms with Gasteiger partial charge in [0.2, 0.25) is 0 Å². The third-order valence-electron chi connectivity index (χ3n) is 5.42. The van der Waals surface area contributed by atoms with Gasteiger partial charge in [0.1, 0.15) is 22.7 Å². The molecule has 0 radical (unpaired) electrons. The highest BCUT2D eigenvalue weighted by Gasteiger charge is 2.76. The molecule has 6 nitrogen and oxygen atoms in total. The van der Waals surface area contributed by atoms with Gasteiger partial charge in [-0.3, -0.25) is 9.97 Å². The fourth-order valence-electron chi connectivity index (χ4n) is 3.94. The minimum absolute atomic E-state index is 0.227. The molecule has 0 bridgehead atoms. The second kappa shape index (κ2) is 7.03. The van der Waals surface area contributed by atoms with Crippen LogP contribution in [0.5, 0.6) is 0 Å². The topological polar surface area (TPSA) is 81.8 Å². The van der Waals surface area contributed by atoms with E-state index in [0.717, 1.165) is 12.1 Å². The number of nitrogens with zero attached hydrogens (tertiary/aromatic N) is 4. The first-order chi connectivity index (χ1) is 15.1. The van der Waals surface area contributed by atoms with Crippen molar-refractivity contribution in [2.75, 3.05) is 5.01 Å². The van der Waals surface area contributed by atoms with Crippen molar-refractivity contribution in [3.63, 3.8) is 0 Å². The van der Waals surface area contributed by atoms with Gasteiger partial charge in [0, 0.05) is 12.4 Å². The molecule has 15 heteroatoms. The van der Waals surface area contributed by atoms with Crippen molar-refractivity contribution in [1.82, 2.24) is 9.97 Å². The van der Waals surface area contributed by atoms with Crippen LogP contribution in [0.15, 0.2) is 41.8 Å². The molecule has 0 amide bonds. The average Bonchev–Trinajstić information content (AvgIpc) is 3.34. The molecule has 1 saturated carbocycles. The molecule has 2 N–H and O–H groups in total. The molecule has 1 aliphatic heterocycles. The van der Waals surface area contributed by atoms with Gasteiger partial charge in [0.25, 0.3) is 0 Å². The van der Waals surface area contributed by atoms with Gasteiger partial charge in [0.05, 0.1) is 17.5 Å². The Balaban J connectivity index is 1.80. The van der Waals surface area contributed by atoms with E-state index >= 15 is 0 Å². The number of fused-ring (bicyclic) bond motifs is 1. The number of aliphatic hydroxyl groups excluding tert-OH is 1. The van der Waals surface area contributed by atoms with E-state index in [1.165, 1.54) is 0 Å². The summed E-state index contributed by atoms with van der Waals surface area (Å²) < 4.78 is 119. The zero-order chi connectivity index (χ0) is 24.6. The van der Waals surface area contributed by atoms with Gasteiger partial charge in [0.15, 0.2) is 6.23 Å². The normalized spacial score (nSPS) is 27.8. The number of aromatic nitrogens is 2. The molecule has 2 aromatic rings. The third-order valence-corrected chi connectivity index (χ3v) is 5.42. The second-order valence-electron chi connectivity index (χ2n) is 7.39. The number of aliphatic hydroxyl groups is 2. The number of pyridine rings is 2. The third kappa shape index (κ3) is 3.78. The van der Waals surface area contributed by atoms with Gasteiger partial charge in [-0.25, -0.2) is 5.01 Å². The van der Waals surface area contributed by atoms with Crippen LogP contribution in [0, 0.1) is 11.8 Å². The average molecular weight is 486 g/mol. The molecule has 0 aromatic carbocycles. The maximum absolute atomic E-state index is 13.7. The van der Waals surface area contributed by atoms with Crippen molar-refractivity contribution in [2.24, 2.45) is 16.9 Å². The first-order valence-corrected chi connectivity index (χ1v) is 8.98. The monoisotopic (exact) mass is 486 g/mol. The molecular weight excluding hydrogens is 475 g/mol. The molecule has 0 spiro atoms. The van der Waals surface area contributed by atoms with Crippen LogP contribution in [0.2, 0.25) is 0 Å². The Morgan fingerprint density at radius 1 is 0.818 bits per heavy atom. The van der Waals surface area contributed by atoms with E-state index in [1.807, 2.05) is 0 Å². The lowest BCUT2D eigenvalue weighted by atomic mass is 10.0. The fourth-order valence-corrected chi connectivity index (χ4v) is 3.94. The Kier molecular flexibility index (Phi) is 4.95.